The molecule has 17 heavy (non-hydrogen) atoms. The van der Waals surface area contributed by atoms with Gasteiger partial charge in [-0.25, -0.2) is 4.98 Å². The highest BCUT2D eigenvalue weighted by Gasteiger charge is 2.26. The van der Waals surface area contributed by atoms with Crippen molar-refractivity contribution in [2.75, 3.05) is 25.9 Å². The SMILES string of the molecule is CO[C@@H]1CCN(C(=O)Cc2sc(N)nc2C)C1. The second-order valence-corrected chi connectivity index (χ2v) is 5.34. The third kappa shape index (κ3) is 2.76. The maximum Gasteiger partial charge on any atom is 0.227 e. The molecule has 1 aliphatic heterocycles. The van der Waals surface area contributed by atoms with Crippen LogP contribution in [0.4, 0.5) is 5.13 Å². The zero-order valence-corrected chi connectivity index (χ0v) is 10.9. The summed E-state index contributed by atoms with van der Waals surface area (Å²) in [4.78, 5) is 19.0. The van der Waals surface area contributed by atoms with Crippen molar-refractivity contribution in [2.24, 2.45) is 0 Å². The molecule has 1 aromatic heterocycles. The molecule has 0 aromatic carbocycles. The number of carbonyl (C=O) groups is 1. The number of nitrogens with zero attached hydrogens (tertiary/aromatic N) is 2. The minimum atomic E-state index is 0.135. The highest BCUT2D eigenvalue weighted by Crippen LogP contribution is 2.22. The fourth-order valence-corrected chi connectivity index (χ4v) is 2.83. The van der Waals surface area contributed by atoms with Gasteiger partial charge in [0.05, 0.1) is 18.2 Å². The molecule has 2 N–H and O–H groups in total. The molecule has 6 heteroatoms. The van der Waals surface area contributed by atoms with E-state index in [0.717, 1.165) is 23.5 Å². The van der Waals surface area contributed by atoms with Crippen molar-refractivity contribution in [3.05, 3.63) is 10.6 Å². The maximum absolute atomic E-state index is 12.0. The summed E-state index contributed by atoms with van der Waals surface area (Å²) in [7, 11) is 1.69. The fourth-order valence-electron chi connectivity index (χ4n) is 2.01. The van der Waals surface area contributed by atoms with Crippen molar-refractivity contribution in [1.82, 2.24) is 9.88 Å². The molecule has 5 nitrogen and oxygen atoms in total. The molecule has 0 spiro atoms. The first-order valence-electron chi connectivity index (χ1n) is 5.62. The number of rotatable bonds is 3. The molecule has 1 saturated heterocycles. The van der Waals surface area contributed by atoms with Crippen LogP contribution in [0.2, 0.25) is 0 Å². The number of methoxy groups -OCH3 is 1. The molecule has 2 rings (SSSR count). The molecule has 1 aromatic rings. The summed E-state index contributed by atoms with van der Waals surface area (Å²) in [5.74, 6) is 0.135. The topological polar surface area (TPSA) is 68.5 Å². The van der Waals surface area contributed by atoms with Gasteiger partial charge < -0.3 is 15.4 Å². The smallest absolute Gasteiger partial charge is 0.227 e. The summed E-state index contributed by atoms with van der Waals surface area (Å²) in [6.07, 6.45) is 1.51. The molecular formula is C11H17N3O2S. The Bertz CT molecular complexity index is 419. The molecule has 1 fully saturated rings. The van der Waals surface area contributed by atoms with Crippen LogP contribution in [-0.4, -0.2) is 42.1 Å². The van der Waals surface area contributed by atoms with Crippen LogP contribution in [-0.2, 0) is 16.0 Å². The van der Waals surface area contributed by atoms with E-state index in [4.69, 9.17) is 10.5 Å². The van der Waals surface area contributed by atoms with Crippen LogP contribution in [0.1, 0.15) is 17.0 Å². The Hall–Kier alpha value is -1.14. The Labute approximate surface area is 105 Å². The van der Waals surface area contributed by atoms with Crippen molar-refractivity contribution in [1.29, 1.82) is 0 Å². The van der Waals surface area contributed by atoms with Crippen LogP contribution in [0.5, 0.6) is 0 Å². The van der Waals surface area contributed by atoms with Crippen LogP contribution in [0.15, 0.2) is 0 Å². The molecule has 1 amide bonds. The molecule has 0 saturated carbocycles. The van der Waals surface area contributed by atoms with Crippen molar-refractivity contribution in [2.45, 2.75) is 25.9 Å². The van der Waals surface area contributed by atoms with E-state index < -0.39 is 0 Å². The van der Waals surface area contributed by atoms with E-state index in [0.29, 0.717) is 18.1 Å². The standard InChI is InChI=1S/C11H17N3O2S/c1-7-9(17-11(12)13-7)5-10(15)14-4-3-8(6-14)16-2/h8H,3-6H2,1-2H3,(H2,12,13)/t8-/m1/s1. The number of amides is 1. The Balaban J connectivity index is 1.96. The minimum absolute atomic E-state index is 0.135. The van der Waals surface area contributed by atoms with Gasteiger partial charge in [0.2, 0.25) is 5.91 Å². The second-order valence-electron chi connectivity index (χ2n) is 4.22. The molecule has 2 heterocycles. The molecule has 1 atom stereocenters. The molecule has 1 aliphatic rings. The van der Waals surface area contributed by atoms with Crippen LogP contribution >= 0.6 is 11.3 Å². The van der Waals surface area contributed by atoms with E-state index >= 15 is 0 Å². The van der Waals surface area contributed by atoms with Gasteiger partial charge in [-0.2, -0.15) is 0 Å². The monoisotopic (exact) mass is 255 g/mol. The van der Waals surface area contributed by atoms with Crippen LogP contribution < -0.4 is 5.73 Å². The minimum Gasteiger partial charge on any atom is -0.380 e. The lowest BCUT2D eigenvalue weighted by molar-refractivity contribution is -0.129. The zero-order chi connectivity index (χ0) is 12.4. The summed E-state index contributed by atoms with van der Waals surface area (Å²) in [6.45, 7) is 3.37. The van der Waals surface area contributed by atoms with E-state index in [1.54, 1.807) is 7.11 Å². The van der Waals surface area contributed by atoms with Crippen molar-refractivity contribution in [3.63, 3.8) is 0 Å². The van der Waals surface area contributed by atoms with E-state index in [2.05, 4.69) is 4.98 Å². The number of hydrogen-bond acceptors (Lipinski definition) is 5. The number of ether oxygens (including phenoxy) is 1. The first kappa shape index (κ1) is 12.3. The third-order valence-corrected chi connectivity index (χ3v) is 4.04. The van der Waals surface area contributed by atoms with E-state index in [1.165, 1.54) is 11.3 Å². The second kappa shape index (κ2) is 5.01. The lowest BCUT2D eigenvalue weighted by Crippen LogP contribution is -2.31. The molecule has 94 valence electrons. The number of aromatic nitrogens is 1. The Kier molecular flexibility index (Phi) is 3.63. The number of hydrogen-bond donors (Lipinski definition) is 1. The summed E-state index contributed by atoms with van der Waals surface area (Å²) in [6, 6.07) is 0. The zero-order valence-electron chi connectivity index (χ0n) is 10.1. The summed E-state index contributed by atoms with van der Waals surface area (Å²) in [5.41, 5.74) is 6.48. The van der Waals surface area contributed by atoms with Crippen molar-refractivity contribution in [3.8, 4) is 0 Å². The number of aryl methyl sites for hydroxylation is 1. The normalized spacial score (nSPS) is 19.9. The predicted octanol–water partition coefficient (Wildman–Crippen LogP) is 0.824. The number of thiazole rings is 1. The first-order chi connectivity index (χ1) is 8.10. The lowest BCUT2D eigenvalue weighted by atomic mass is 10.3. The lowest BCUT2D eigenvalue weighted by Gasteiger charge is -2.15. The number of carbonyl (C=O) groups excluding carboxylic acids is 1. The number of nitrogens with two attached hydrogens (primary N) is 1. The Morgan fingerprint density at radius 1 is 1.71 bits per heavy atom. The maximum atomic E-state index is 12.0. The van der Waals surface area contributed by atoms with Gasteiger partial charge in [-0.3, -0.25) is 4.79 Å². The molecule has 0 unspecified atom stereocenters. The Morgan fingerprint density at radius 3 is 3.00 bits per heavy atom. The van der Waals surface area contributed by atoms with Gasteiger partial charge in [0, 0.05) is 25.1 Å². The number of anilines is 1. The highest BCUT2D eigenvalue weighted by molar-refractivity contribution is 7.15. The summed E-state index contributed by atoms with van der Waals surface area (Å²) >= 11 is 1.40. The van der Waals surface area contributed by atoms with Crippen LogP contribution in [0, 0.1) is 6.92 Å². The van der Waals surface area contributed by atoms with Gasteiger partial charge in [-0.15, -0.1) is 11.3 Å². The van der Waals surface area contributed by atoms with Gasteiger partial charge in [0.25, 0.3) is 0 Å². The fraction of sp³-hybridized carbons (Fsp3) is 0.636. The van der Waals surface area contributed by atoms with E-state index in [9.17, 15) is 4.79 Å². The van der Waals surface area contributed by atoms with Gasteiger partial charge in [-0.1, -0.05) is 0 Å². The van der Waals surface area contributed by atoms with Crippen molar-refractivity contribution < 1.29 is 9.53 Å². The number of likely N-dealkylation sites (tertiary alicyclic amines) is 1. The van der Waals surface area contributed by atoms with Crippen LogP contribution in [0.25, 0.3) is 0 Å². The third-order valence-electron chi connectivity index (χ3n) is 3.05. The van der Waals surface area contributed by atoms with Gasteiger partial charge in [-0.05, 0) is 13.3 Å². The molecule has 0 bridgehead atoms. The largest absolute Gasteiger partial charge is 0.380 e. The molecule has 0 aliphatic carbocycles. The molecular weight excluding hydrogens is 238 g/mol. The van der Waals surface area contributed by atoms with E-state index in [1.807, 2.05) is 11.8 Å². The van der Waals surface area contributed by atoms with Gasteiger partial charge in [0.1, 0.15) is 0 Å². The molecule has 0 radical (unpaired) electrons. The van der Waals surface area contributed by atoms with Crippen LogP contribution in [0.3, 0.4) is 0 Å². The number of nitrogen functional groups attached to an aromatic ring is 1. The summed E-state index contributed by atoms with van der Waals surface area (Å²) < 4.78 is 5.25. The quantitative estimate of drug-likeness (QED) is 0.868. The van der Waals surface area contributed by atoms with Gasteiger partial charge in [0.15, 0.2) is 5.13 Å². The average molecular weight is 255 g/mol. The highest BCUT2D eigenvalue weighted by atomic mass is 32.1. The van der Waals surface area contributed by atoms with Crippen molar-refractivity contribution >= 4 is 22.4 Å². The summed E-state index contributed by atoms with van der Waals surface area (Å²) in [5, 5.41) is 0.529. The average Bonchev–Trinajstić information content (AvgIpc) is 2.86. The first-order valence-corrected chi connectivity index (χ1v) is 6.44. The Morgan fingerprint density at radius 2 is 2.47 bits per heavy atom. The predicted molar refractivity (Wildman–Crippen MR) is 67.0 cm³/mol. The van der Waals surface area contributed by atoms with Gasteiger partial charge >= 0.3 is 0 Å². The van der Waals surface area contributed by atoms with E-state index in [-0.39, 0.29) is 12.0 Å².